The number of aryl methyl sites for hydroxylation is 1. The summed E-state index contributed by atoms with van der Waals surface area (Å²) in [6, 6.07) is 16.0. The van der Waals surface area contributed by atoms with Crippen molar-refractivity contribution in [3.63, 3.8) is 0 Å². The lowest BCUT2D eigenvalue weighted by molar-refractivity contribution is 0.0866. The van der Waals surface area contributed by atoms with E-state index in [0.717, 1.165) is 31.2 Å². The molecule has 1 aromatic carbocycles. The van der Waals surface area contributed by atoms with E-state index < -0.39 is 0 Å². The first-order valence-corrected chi connectivity index (χ1v) is 8.71. The van der Waals surface area contributed by atoms with E-state index in [9.17, 15) is 0 Å². The minimum Gasteiger partial charge on any atom is -0.465 e. The topological polar surface area (TPSA) is 19.6 Å². The SMILES string of the molecule is Cc1ccc(CN2CCC3(c4ccccc4)CCN(C)C3C2)o1. The third kappa shape index (κ3) is 2.62. The van der Waals surface area contributed by atoms with Crippen molar-refractivity contribution in [2.75, 3.05) is 26.7 Å². The molecule has 2 fully saturated rings. The highest BCUT2D eigenvalue weighted by Gasteiger charge is 2.49. The van der Waals surface area contributed by atoms with E-state index in [4.69, 9.17) is 4.42 Å². The maximum atomic E-state index is 5.78. The van der Waals surface area contributed by atoms with Gasteiger partial charge in [0, 0.05) is 18.0 Å². The summed E-state index contributed by atoms with van der Waals surface area (Å²) in [7, 11) is 2.29. The lowest BCUT2D eigenvalue weighted by Gasteiger charge is -2.46. The minimum atomic E-state index is 0.339. The summed E-state index contributed by atoms with van der Waals surface area (Å²) in [6.45, 7) is 6.44. The highest BCUT2D eigenvalue weighted by molar-refractivity contribution is 5.31. The van der Waals surface area contributed by atoms with Crippen molar-refractivity contribution in [3.05, 3.63) is 59.5 Å². The summed E-state index contributed by atoms with van der Waals surface area (Å²) in [4.78, 5) is 5.12. The summed E-state index contributed by atoms with van der Waals surface area (Å²) in [6.07, 6.45) is 2.53. The van der Waals surface area contributed by atoms with Gasteiger partial charge in [-0.2, -0.15) is 0 Å². The Morgan fingerprint density at radius 1 is 1.09 bits per heavy atom. The Balaban J connectivity index is 1.55. The van der Waals surface area contributed by atoms with Crippen molar-refractivity contribution < 1.29 is 4.42 Å². The molecule has 2 aliphatic heterocycles. The fourth-order valence-corrected chi connectivity index (χ4v) is 4.60. The highest BCUT2D eigenvalue weighted by Crippen LogP contribution is 2.45. The van der Waals surface area contributed by atoms with Crippen molar-refractivity contribution >= 4 is 0 Å². The molecule has 3 heterocycles. The predicted octanol–water partition coefficient (Wildman–Crippen LogP) is 3.44. The number of nitrogens with zero attached hydrogens (tertiary/aromatic N) is 2. The Bertz CT molecular complexity index is 665. The van der Waals surface area contributed by atoms with Gasteiger partial charge in [0.05, 0.1) is 6.54 Å². The van der Waals surface area contributed by atoms with E-state index in [1.165, 1.54) is 24.9 Å². The second kappa shape index (κ2) is 5.81. The van der Waals surface area contributed by atoms with Crippen LogP contribution < -0.4 is 0 Å². The van der Waals surface area contributed by atoms with E-state index in [2.05, 4.69) is 59.3 Å². The highest BCUT2D eigenvalue weighted by atomic mass is 16.3. The smallest absolute Gasteiger partial charge is 0.118 e. The van der Waals surface area contributed by atoms with Crippen LogP contribution in [0, 0.1) is 6.92 Å². The normalized spacial score (nSPS) is 28.9. The molecule has 2 aliphatic rings. The van der Waals surface area contributed by atoms with Crippen molar-refractivity contribution in [3.8, 4) is 0 Å². The first-order chi connectivity index (χ1) is 11.2. The standard InChI is InChI=1S/C20H26N2O/c1-16-8-9-18(23-16)14-22-13-11-20(17-6-4-3-5-7-17)10-12-21(2)19(20)15-22/h3-9,19H,10-15H2,1-2H3. The number of likely N-dealkylation sites (tertiary alicyclic amines) is 2. The molecule has 2 aromatic rings. The molecule has 2 saturated heterocycles. The van der Waals surface area contributed by atoms with Gasteiger partial charge in [0.25, 0.3) is 0 Å². The van der Waals surface area contributed by atoms with Gasteiger partial charge in [-0.1, -0.05) is 30.3 Å². The number of furan rings is 1. The van der Waals surface area contributed by atoms with Gasteiger partial charge >= 0.3 is 0 Å². The van der Waals surface area contributed by atoms with Crippen LogP contribution in [0.3, 0.4) is 0 Å². The Morgan fingerprint density at radius 2 is 1.87 bits per heavy atom. The average molecular weight is 310 g/mol. The summed E-state index contributed by atoms with van der Waals surface area (Å²) < 4.78 is 5.78. The van der Waals surface area contributed by atoms with E-state index in [0.29, 0.717) is 11.5 Å². The molecule has 4 rings (SSSR count). The van der Waals surface area contributed by atoms with Crippen molar-refractivity contribution in [1.29, 1.82) is 0 Å². The number of benzene rings is 1. The molecular formula is C20H26N2O. The molecule has 2 atom stereocenters. The summed E-state index contributed by atoms with van der Waals surface area (Å²) in [5.74, 6) is 2.10. The second-order valence-electron chi connectivity index (χ2n) is 7.27. The first-order valence-electron chi connectivity index (χ1n) is 8.71. The van der Waals surface area contributed by atoms with Crippen LogP contribution in [0.4, 0.5) is 0 Å². The molecule has 2 unspecified atom stereocenters. The molecule has 0 spiro atoms. The molecule has 3 nitrogen and oxygen atoms in total. The first kappa shape index (κ1) is 15.0. The number of hydrogen-bond donors (Lipinski definition) is 0. The van der Waals surface area contributed by atoms with Gasteiger partial charge in [0.2, 0.25) is 0 Å². The van der Waals surface area contributed by atoms with Crippen molar-refractivity contribution in [1.82, 2.24) is 9.80 Å². The zero-order valence-corrected chi connectivity index (χ0v) is 14.2. The third-order valence-electron chi connectivity index (χ3n) is 5.91. The van der Waals surface area contributed by atoms with Crippen LogP contribution in [0.1, 0.15) is 29.9 Å². The maximum absolute atomic E-state index is 5.78. The fourth-order valence-electron chi connectivity index (χ4n) is 4.60. The van der Waals surface area contributed by atoms with E-state index in [1.54, 1.807) is 0 Å². The number of likely N-dealkylation sites (N-methyl/N-ethyl adjacent to an activating group) is 1. The van der Waals surface area contributed by atoms with E-state index in [-0.39, 0.29) is 0 Å². The molecule has 0 aliphatic carbocycles. The monoisotopic (exact) mass is 310 g/mol. The number of fused-ring (bicyclic) bond motifs is 1. The van der Waals surface area contributed by atoms with Gasteiger partial charge < -0.3 is 9.32 Å². The number of hydrogen-bond acceptors (Lipinski definition) is 3. The molecule has 0 amide bonds. The number of piperidine rings is 1. The largest absolute Gasteiger partial charge is 0.465 e. The fraction of sp³-hybridized carbons (Fsp3) is 0.500. The molecule has 0 N–H and O–H groups in total. The lowest BCUT2D eigenvalue weighted by Crippen LogP contribution is -2.54. The maximum Gasteiger partial charge on any atom is 0.118 e. The molecule has 23 heavy (non-hydrogen) atoms. The van der Waals surface area contributed by atoms with Gasteiger partial charge in [-0.25, -0.2) is 0 Å². The summed E-state index contributed by atoms with van der Waals surface area (Å²) in [5, 5.41) is 0. The van der Waals surface area contributed by atoms with Gasteiger partial charge in [-0.15, -0.1) is 0 Å². The lowest BCUT2D eigenvalue weighted by atomic mass is 9.69. The van der Waals surface area contributed by atoms with Gasteiger partial charge in [0.1, 0.15) is 11.5 Å². The molecule has 0 bridgehead atoms. The van der Waals surface area contributed by atoms with E-state index >= 15 is 0 Å². The van der Waals surface area contributed by atoms with E-state index in [1.807, 2.05) is 6.92 Å². The Labute approximate surface area is 138 Å². The molecular weight excluding hydrogens is 284 g/mol. The van der Waals surface area contributed by atoms with Crippen LogP contribution in [-0.2, 0) is 12.0 Å². The molecule has 3 heteroatoms. The summed E-state index contributed by atoms with van der Waals surface area (Å²) in [5.41, 5.74) is 1.87. The molecule has 0 saturated carbocycles. The minimum absolute atomic E-state index is 0.339. The average Bonchev–Trinajstić information content (AvgIpc) is 3.13. The Morgan fingerprint density at radius 3 is 2.61 bits per heavy atom. The van der Waals surface area contributed by atoms with Crippen LogP contribution in [-0.4, -0.2) is 42.5 Å². The van der Waals surface area contributed by atoms with Crippen LogP contribution >= 0.6 is 0 Å². The third-order valence-corrected chi connectivity index (χ3v) is 5.91. The zero-order chi connectivity index (χ0) is 15.9. The summed E-state index contributed by atoms with van der Waals surface area (Å²) >= 11 is 0. The Kier molecular flexibility index (Phi) is 3.78. The predicted molar refractivity (Wildman–Crippen MR) is 92.5 cm³/mol. The molecule has 0 radical (unpaired) electrons. The van der Waals surface area contributed by atoms with Gasteiger partial charge in [0.15, 0.2) is 0 Å². The van der Waals surface area contributed by atoms with Gasteiger partial charge in [-0.05, 0) is 57.6 Å². The second-order valence-corrected chi connectivity index (χ2v) is 7.27. The van der Waals surface area contributed by atoms with Crippen LogP contribution in [0.5, 0.6) is 0 Å². The van der Waals surface area contributed by atoms with Crippen molar-refractivity contribution in [2.45, 2.75) is 37.8 Å². The van der Waals surface area contributed by atoms with Crippen LogP contribution in [0.15, 0.2) is 46.9 Å². The van der Waals surface area contributed by atoms with Crippen LogP contribution in [0.2, 0.25) is 0 Å². The van der Waals surface area contributed by atoms with Crippen molar-refractivity contribution in [2.24, 2.45) is 0 Å². The molecule has 1 aromatic heterocycles. The zero-order valence-electron chi connectivity index (χ0n) is 14.2. The van der Waals surface area contributed by atoms with Gasteiger partial charge in [-0.3, -0.25) is 4.90 Å². The quantitative estimate of drug-likeness (QED) is 0.866. The molecule has 122 valence electrons. The number of rotatable bonds is 3. The Hall–Kier alpha value is -1.58. The van der Waals surface area contributed by atoms with Crippen LogP contribution in [0.25, 0.3) is 0 Å².